The lowest BCUT2D eigenvalue weighted by Crippen LogP contribution is -2.42. The molecule has 0 saturated heterocycles. The van der Waals surface area contributed by atoms with Crippen molar-refractivity contribution in [2.75, 3.05) is 6.61 Å². The van der Waals surface area contributed by atoms with Crippen molar-refractivity contribution in [3.63, 3.8) is 0 Å². The van der Waals surface area contributed by atoms with Gasteiger partial charge in [-0.15, -0.1) is 0 Å². The van der Waals surface area contributed by atoms with Crippen molar-refractivity contribution in [1.82, 2.24) is 5.32 Å². The molecule has 5 nitrogen and oxygen atoms in total. The molecule has 2 N–H and O–H groups in total. The summed E-state index contributed by atoms with van der Waals surface area (Å²) in [6, 6.07) is 25.0. The number of nitrogens with one attached hydrogen (secondary N) is 1. The van der Waals surface area contributed by atoms with E-state index in [0.29, 0.717) is 11.1 Å². The van der Waals surface area contributed by atoms with E-state index < -0.39 is 29.7 Å². The molecule has 4 aromatic rings. The third-order valence-corrected chi connectivity index (χ3v) is 6.59. The van der Waals surface area contributed by atoms with Gasteiger partial charge >= 0.3 is 12.1 Å². The number of fused-ring (bicyclic) bond motifs is 3. The molecule has 5 rings (SSSR count). The first-order chi connectivity index (χ1) is 17.9. The molecule has 1 aliphatic rings. The number of hydrogen-bond donors (Lipinski definition) is 2. The predicted octanol–water partition coefficient (Wildman–Crippen LogP) is 6.17. The van der Waals surface area contributed by atoms with E-state index in [1.54, 1.807) is 24.3 Å². The summed E-state index contributed by atoms with van der Waals surface area (Å²) < 4.78 is 33.1. The molecule has 0 heterocycles. The van der Waals surface area contributed by atoms with Crippen LogP contribution < -0.4 is 5.32 Å². The number of carboxylic acid groups (broad SMARTS) is 1. The molecule has 0 spiro atoms. The quantitative estimate of drug-likeness (QED) is 0.319. The number of hydrogen-bond acceptors (Lipinski definition) is 3. The molecule has 1 amide bonds. The van der Waals surface area contributed by atoms with Crippen molar-refractivity contribution in [3.05, 3.63) is 119 Å². The van der Waals surface area contributed by atoms with E-state index >= 15 is 0 Å². The average molecular weight is 500 g/mol. The molecule has 186 valence electrons. The third-order valence-electron chi connectivity index (χ3n) is 6.59. The van der Waals surface area contributed by atoms with Gasteiger partial charge in [0.1, 0.15) is 12.6 Å². The summed E-state index contributed by atoms with van der Waals surface area (Å²) in [5.41, 5.74) is 5.47. The van der Waals surface area contributed by atoms with Crippen LogP contribution in [0.5, 0.6) is 0 Å². The van der Waals surface area contributed by atoms with Crippen LogP contribution in [0.3, 0.4) is 0 Å². The van der Waals surface area contributed by atoms with E-state index in [1.165, 1.54) is 12.1 Å². The molecule has 37 heavy (non-hydrogen) atoms. The maximum Gasteiger partial charge on any atom is 0.407 e. The van der Waals surface area contributed by atoms with Crippen molar-refractivity contribution in [3.8, 4) is 22.3 Å². The highest BCUT2D eigenvalue weighted by Crippen LogP contribution is 2.44. The number of aliphatic carboxylic acids is 1. The van der Waals surface area contributed by atoms with Gasteiger partial charge in [-0.2, -0.15) is 0 Å². The average Bonchev–Trinajstić information content (AvgIpc) is 3.23. The van der Waals surface area contributed by atoms with Crippen molar-refractivity contribution < 1.29 is 28.2 Å². The van der Waals surface area contributed by atoms with Crippen LogP contribution in [-0.2, 0) is 16.0 Å². The fourth-order valence-corrected chi connectivity index (χ4v) is 4.77. The summed E-state index contributed by atoms with van der Waals surface area (Å²) in [5.74, 6) is -3.25. The molecule has 0 saturated carbocycles. The molecule has 7 heteroatoms. The van der Waals surface area contributed by atoms with Gasteiger partial charge in [0.2, 0.25) is 0 Å². The van der Waals surface area contributed by atoms with Gasteiger partial charge in [-0.05, 0) is 39.4 Å². The molecule has 0 fully saturated rings. The van der Waals surface area contributed by atoms with Crippen LogP contribution >= 0.6 is 0 Å². The van der Waals surface area contributed by atoms with Gasteiger partial charge in [0.25, 0.3) is 0 Å². The maximum absolute atomic E-state index is 14.1. The van der Waals surface area contributed by atoms with Crippen molar-refractivity contribution in [2.45, 2.75) is 18.4 Å². The van der Waals surface area contributed by atoms with Crippen molar-refractivity contribution in [1.29, 1.82) is 0 Å². The third kappa shape index (κ3) is 4.93. The topological polar surface area (TPSA) is 75.6 Å². The summed E-state index contributed by atoms with van der Waals surface area (Å²) in [6.07, 6.45) is -0.835. The number of carbonyl (C=O) groups is 2. The molecule has 0 bridgehead atoms. The Hall–Kier alpha value is -4.52. The molecule has 0 unspecified atom stereocenters. The molecular weight excluding hydrogens is 476 g/mol. The first-order valence-electron chi connectivity index (χ1n) is 11.8. The van der Waals surface area contributed by atoms with Crippen molar-refractivity contribution in [2.24, 2.45) is 0 Å². The number of amides is 1. The van der Waals surface area contributed by atoms with Gasteiger partial charge in [-0.25, -0.2) is 18.4 Å². The summed E-state index contributed by atoms with van der Waals surface area (Å²) in [4.78, 5) is 24.4. The molecule has 0 aromatic heterocycles. The summed E-state index contributed by atoms with van der Waals surface area (Å²) in [6.45, 7) is 0.0695. The van der Waals surface area contributed by atoms with Crippen LogP contribution in [0.4, 0.5) is 13.6 Å². The Morgan fingerprint density at radius 1 is 0.811 bits per heavy atom. The zero-order chi connectivity index (χ0) is 25.9. The normalized spacial score (nSPS) is 12.9. The second kappa shape index (κ2) is 10.2. The largest absolute Gasteiger partial charge is 0.480 e. The predicted molar refractivity (Wildman–Crippen MR) is 135 cm³/mol. The highest BCUT2D eigenvalue weighted by molar-refractivity contribution is 5.81. The monoisotopic (exact) mass is 499 g/mol. The molecule has 0 radical (unpaired) electrons. The fourth-order valence-electron chi connectivity index (χ4n) is 4.77. The van der Waals surface area contributed by atoms with Crippen LogP contribution in [0, 0.1) is 11.6 Å². The number of alkyl carbamates (subject to hydrolysis) is 1. The highest BCUT2D eigenvalue weighted by atomic mass is 19.2. The SMILES string of the molecule is O=C(N[C@@H](Cc1ccc(-c2cccc(F)c2F)cc1)C(=O)O)OCC1c2ccccc2-c2ccccc21. The zero-order valence-electron chi connectivity index (χ0n) is 19.7. The Labute approximate surface area is 212 Å². The molecule has 4 aromatic carbocycles. The van der Waals surface area contributed by atoms with Crippen LogP contribution in [0.15, 0.2) is 91.0 Å². The second-order valence-electron chi connectivity index (χ2n) is 8.86. The summed E-state index contributed by atoms with van der Waals surface area (Å²) in [5, 5.41) is 12.1. The second-order valence-corrected chi connectivity index (χ2v) is 8.86. The molecule has 1 aliphatic carbocycles. The Morgan fingerprint density at radius 2 is 1.41 bits per heavy atom. The van der Waals surface area contributed by atoms with Crippen molar-refractivity contribution >= 4 is 12.1 Å². The van der Waals surface area contributed by atoms with Gasteiger partial charge in [0, 0.05) is 17.9 Å². The number of halogens is 2. The summed E-state index contributed by atoms with van der Waals surface area (Å²) in [7, 11) is 0. The standard InChI is InChI=1S/C30H23F2NO4/c31-26-11-5-10-20(28(26)32)19-14-12-18(13-15-19)16-27(29(34)35)33-30(36)37-17-25-23-8-3-1-6-21(23)22-7-2-4-9-24(22)25/h1-15,25,27H,16-17H2,(H,33,36)(H,34,35)/t27-/m0/s1. The van der Waals surface area contributed by atoms with Crippen LogP contribution in [0.1, 0.15) is 22.6 Å². The van der Waals surface area contributed by atoms with E-state index in [2.05, 4.69) is 5.32 Å². The Bertz CT molecular complexity index is 1420. The highest BCUT2D eigenvalue weighted by Gasteiger charge is 2.29. The number of carbonyl (C=O) groups excluding carboxylic acids is 1. The number of carboxylic acids is 1. The van der Waals surface area contributed by atoms with Gasteiger partial charge in [0.05, 0.1) is 0 Å². The molecular formula is C30H23F2NO4. The smallest absolute Gasteiger partial charge is 0.407 e. The van der Waals surface area contributed by atoms with Crippen LogP contribution in [-0.4, -0.2) is 29.8 Å². The maximum atomic E-state index is 14.1. The van der Waals surface area contributed by atoms with Gasteiger partial charge in [0.15, 0.2) is 11.6 Å². The number of rotatable bonds is 7. The Balaban J connectivity index is 1.24. The minimum atomic E-state index is -1.23. The van der Waals surface area contributed by atoms with Crippen LogP contribution in [0.2, 0.25) is 0 Å². The van der Waals surface area contributed by atoms with E-state index in [1.807, 2.05) is 48.5 Å². The minimum Gasteiger partial charge on any atom is -0.480 e. The lowest BCUT2D eigenvalue weighted by atomic mass is 9.98. The Morgan fingerprint density at radius 3 is 2.03 bits per heavy atom. The molecule has 0 aliphatic heterocycles. The van der Waals surface area contributed by atoms with E-state index in [0.717, 1.165) is 28.3 Å². The molecule has 1 atom stereocenters. The lowest BCUT2D eigenvalue weighted by Gasteiger charge is -2.17. The van der Waals surface area contributed by atoms with Gasteiger partial charge in [-0.1, -0.05) is 84.9 Å². The number of ether oxygens (including phenoxy) is 1. The summed E-state index contributed by atoms with van der Waals surface area (Å²) >= 11 is 0. The fraction of sp³-hybridized carbons (Fsp3) is 0.133. The van der Waals surface area contributed by atoms with Crippen LogP contribution in [0.25, 0.3) is 22.3 Å². The van der Waals surface area contributed by atoms with E-state index in [9.17, 15) is 23.5 Å². The first-order valence-corrected chi connectivity index (χ1v) is 11.8. The van der Waals surface area contributed by atoms with E-state index in [-0.39, 0.29) is 24.5 Å². The van der Waals surface area contributed by atoms with E-state index in [4.69, 9.17) is 4.74 Å². The van der Waals surface area contributed by atoms with Gasteiger partial charge < -0.3 is 15.2 Å². The first kappa shape index (κ1) is 24.2. The lowest BCUT2D eigenvalue weighted by molar-refractivity contribution is -0.139. The minimum absolute atomic E-state index is 0.00849. The van der Waals surface area contributed by atoms with Gasteiger partial charge in [-0.3, -0.25) is 0 Å². The Kier molecular flexibility index (Phi) is 6.68. The zero-order valence-corrected chi connectivity index (χ0v) is 19.7. The number of benzene rings is 4.